The number of phenols is 1. The first kappa shape index (κ1) is 34.0. The molecule has 2 N–H and O–H groups in total. The monoisotopic (exact) mass is 743 g/mol. The second-order valence-corrected chi connectivity index (χ2v) is 13.4. The lowest BCUT2D eigenvalue weighted by molar-refractivity contribution is -0.141. The van der Waals surface area contributed by atoms with Crippen LogP contribution in [0, 0.1) is 21.3 Å². The quantitative estimate of drug-likeness (QED) is 0.0904. The Kier molecular flexibility index (Phi) is 11.4. The van der Waals surface area contributed by atoms with Crippen LogP contribution in [-0.4, -0.2) is 65.9 Å². The average Bonchev–Trinajstić information content (AvgIpc) is 3.58. The van der Waals surface area contributed by atoms with Gasteiger partial charge in [-0.2, -0.15) is 0 Å². The maximum absolute atomic E-state index is 13.7. The first-order valence-corrected chi connectivity index (χ1v) is 17.1. The summed E-state index contributed by atoms with van der Waals surface area (Å²) in [4.78, 5) is 39.6. The molecule has 0 aromatic heterocycles. The molecule has 1 aliphatic carbocycles. The maximum atomic E-state index is 13.7. The number of likely N-dealkylation sites (tertiary alicyclic amines) is 1. The standard InChI is InChI=1S/C36H42INO8/c1-3-22(16-23-17-28(37)34(41)30(18-23)44-2)13-14-29-32-24(20-45-25-10-6-4-7-11-25)19-26-33(27(32)21-46-29)36(43)38(35(26)42)15-9-5-8-12-31(39)40/h4,6-7,10-11,16-18,26-27,29,33,41H,3,5,8-9,12-15,19-21H2,1-2H3,(H,39,40)/b22-16+/t26-,27+,29-,33-/m1/s1. The molecule has 2 aliphatic heterocycles. The van der Waals surface area contributed by atoms with Crippen LogP contribution in [0.15, 0.2) is 59.2 Å². The summed E-state index contributed by atoms with van der Waals surface area (Å²) < 4.78 is 18.7. The smallest absolute Gasteiger partial charge is 0.303 e. The number of amides is 2. The Bertz CT molecular complexity index is 1500. The van der Waals surface area contributed by atoms with E-state index in [9.17, 15) is 19.5 Å². The molecule has 9 nitrogen and oxygen atoms in total. The number of benzene rings is 2. The van der Waals surface area contributed by atoms with Crippen molar-refractivity contribution in [1.82, 2.24) is 4.90 Å². The molecule has 0 spiro atoms. The molecule has 0 radical (unpaired) electrons. The van der Waals surface area contributed by atoms with Gasteiger partial charge >= 0.3 is 5.97 Å². The Morgan fingerprint density at radius 1 is 1.09 bits per heavy atom. The van der Waals surface area contributed by atoms with Crippen LogP contribution >= 0.6 is 22.6 Å². The van der Waals surface area contributed by atoms with Crippen LogP contribution in [0.3, 0.4) is 0 Å². The van der Waals surface area contributed by atoms with Crippen molar-refractivity contribution in [1.29, 1.82) is 0 Å². The zero-order valence-corrected chi connectivity index (χ0v) is 28.5. The Morgan fingerprint density at radius 2 is 1.87 bits per heavy atom. The minimum atomic E-state index is -0.837. The topological polar surface area (TPSA) is 123 Å². The molecule has 2 aromatic rings. The van der Waals surface area contributed by atoms with Crippen LogP contribution < -0.4 is 9.47 Å². The molecule has 2 aromatic carbocycles. The van der Waals surface area contributed by atoms with Crippen LogP contribution in [0.25, 0.3) is 6.08 Å². The molecule has 2 amide bonds. The second-order valence-electron chi connectivity index (χ2n) is 12.2. The van der Waals surface area contributed by atoms with E-state index in [-0.39, 0.29) is 36.0 Å². The molecule has 0 unspecified atom stereocenters. The zero-order chi connectivity index (χ0) is 32.8. The zero-order valence-electron chi connectivity index (χ0n) is 26.4. The van der Waals surface area contributed by atoms with Crippen molar-refractivity contribution < 1.29 is 38.8 Å². The van der Waals surface area contributed by atoms with Crippen molar-refractivity contribution in [2.75, 3.05) is 26.9 Å². The summed E-state index contributed by atoms with van der Waals surface area (Å²) in [6.07, 6.45) is 6.63. The van der Waals surface area contributed by atoms with E-state index < -0.39 is 17.8 Å². The van der Waals surface area contributed by atoms with E-state index in [0.717, 1.165) is 45.3 Å². The van der Waals surface area contributed by atoms with Crippen LogP contribution in [-0.2, 0) is 19.1 Å². The lowest BCUT2D eigenvalue weighted by Crippen LogP contribution is -2.35. The molecule has 4 atom stereocenters. The highest BCUT2D eigenvalue weighted by Gasteiger charge is 2.56. The van der Waals surface area contributed by atoms with Crippen LogP contribution in [0.4, 0.5) is 0 Å². The normalized spacial score (nSPS) is 22.7. The van der Waals surface area contributed by atoms with Crippen molar-refractivity contribution >= 4 is 46.5 Å². The van der Waals surface area contributed by atoms with Gasteiger partial charge in [0.15, 0.2) is 11.5 Å². The lowest BCUT2D eigenvalue weighted by Gasteiger charge is -2.31. The van der Waals surface area contributed by atoms with Gasteiger partial charge in [0.2, 0.25) is 11.8 Å². The van der Waals surface area contributed by atoms with Gasteiger partial charge in [0.25, 0.3) is 0 Å². The minimum absolute atomic E-state index is 0.0867. The Balaban J connectivity index is 1.35. The Morgan fingerprint density at radius 3 is 2.59 bits per heavy atom. The number of ether oxygens (including phenoxy) is 3. The fourth-order valence-corrected chi connectivity index (χ4v) is 7.66. The number of hydrogen-bond acceptors (Lipinski definition) is 7. The highest BCUT2D eigenvalue weighted by Crippen LogP contribution is 2.50. The van der Waals surface area contributed by atoms with E-state index >= 15 is 0 Å². The summed E-state index contributed by atoms with van der Waals surface area (Å²) in [5, 5.41) is 19.2. The van der Waals surface area contributed by atoms with Gasteiger partial charge in [-0.05, 0) is 102 Å². The summed E-state index contributed by atoms with van der Waals surface area (Å²) in [7, 11) is 1.54. The summed E-state index contributed by atoms with van der Waals surface area (Å²) in [5.41, 5.74) is 4.34. The molecule has 46 heavy (non-hydrogen) atoms. The minimum Gasteiger partial charge on any atom is -0.504 e. The third kappa shape index (κ3) is 7.60. The maximum Gasteiger partial charge on any atom is 0.303 e. The molecule has 0 saturated carbocycles. The van der Waals surface area contributed by atoms with Crippen molar-refractivity contribution in [3.63, 3.8) is 0 Å². The summed E-state index contributed by atoms with van der Waals surface area (Å²) in [6, 6.07) is 13.4. The first-order chi connectivity index (χ1) is 22.2. The molecule has 3 aliphatic rings. The number of carboxylic acid groups (broad SMARTS) is 1. The van der Waals surface area contributed by atoms with Gasteiger partial charge in [0, 0.05) is 18.9 Å². The van der Waals surface area contributed by atoms with Crippen molar-refractivity contribution in [3.8, 4) is 17.2 Å². The molecule has 10 heteroatoms. The number of halogens is 1. The number of fused-ring (bicyclic) bond motifs is 3. The fourth-order valence-electron chi connectivity index (χ4n) is 7.04. The Hall–Kier alpha value is -3.38. The van der Waals surface area contributed by atoms with Crippen molar-refractivity contribution in [2.45, 2.75) is 64.4 Å². The predicted octanol–water partition coefficient (Wildman–Crippen LogP) is 6.62. The van der Waals surface area contributed by atoms with Crippen molar-refractivity contribution in [3.05, 3.63) is 68.3 Å². The van der Waals surface area contributed by atoms with Gasteiger partial charge < -0.3 is 24.4 Å². The van der Waals surface area contributed by atoms with Gasteiger partial charge in [0.05, 0.1) is 35.2 Å². The van der Waals surface area contributed by atoms with Crippen LogP contribution in [0.5, 0.6) is 17.2 Å². The number of carboxylic acids is 1. The second kappa shape index (κ2) is 15.5. The number of carbonyl (C=O) groups excluding carboxylic acids is 2. The number of para-hydroxylation sites is 1. The molecular weight excluding hydrogens is 701 g/mol. The lowest BCUT2D eigenvalue weighted by atomic mass is 9.69. The number of hydrogen-bond donors (Lipinski definition) is 2. The van der Waals surface area contributed by atoms with E-state index in [1.165, 1.54) is 10.5 Å². The summed E-state index contributed by atoms with van der Waals surface area (Å²) >= 11 is 2.10. The third-order valence-electron chi connectivity index (χ3n) is 9.35. The number of rotatable bonds is 15. The predicted molar refractivity (Wildman–Crippen MR) is 181 cm³/mol. The number of imide groups is 1. The SMILES string of the molecule is CC/C(=C\c1cc(I)c(O)c(OC)c1)CC[C@H]1OC[C@H]2C1=C(COc1ccccc1)C[C@H]1C(=O)N(CCCCCC(=O)O)C(=O)[C@H]12. The van der Waals surface area contributed by atoms with E-state index in [1.807, 2.05) is 42.5 Å². The van der Waals surface area contributed by atoms with Gasteiger partial charge in [0.1, 0.15) is 12.4 Å². The Labute approximate surface area is 283 Å². The van der Waals surface area contributed by atoms with Gasteiger partial charge in [-0.1, -0.05) is 43.2 Å². The molecule has 0 bridgehead atoms. The highest BCUT2D eigenvalue weighted by molar-refractivity contribution is 14.1. The van der Waals surface area contributed by atoms with Crippen LogP contribution in [0.1, 0.15) is 63.9 Å². The molecule has 246 valence electrons. The number of methoxy groups -OCH3 is 1. The number of phenolic OH excluding ortho intramolecular Hbond substituents is 1. The van der Waals surface area contributed by atoms with Gasteiger partial charge in [-0.15, -0.1) is 0 Å². The van der Waals surface area contributed by atoms with E-state index in [2.05, 4.69) is 35.6 Å². The largest absolute Gasteiger partial charge is 0.504 e. The van der Waals surface area contributed by atoms with E-state index in [0.29, 0.717) is 51.2 Å². The average molecular weight is 744 g/mol. The third-order valence-corrected chi connectivity index (χ3v) is 10.2. The first-order valence-electron chi connectivity index (χ1n) is 16.1. The number of carbonyl (C=O) groups is 3. The highest BCUT2D eigenvalue weighted by atomic mass is 127. The number of unbranched alkanes of at least 4 members (excludes halogenated alkanes) is 2. The van der Waals surface area contributed by atoms with Crippen molar-refractivity contribution in [2.24, 2.45) is 17.8 Å². The number of nitrogens with zero attached hydrogens (tertiary/aromatic N) is 1. The molecule has 5 rings (SSSR count). The number of aliphatic carboxylic acids is 1. The van der Waals surface area contributed by atoms with Gasteiger partial charge in [-0.3, -0.25) is 19.3 Å². The summed E-state index contributed by atoms with van der Waals surface area (Å²) in [5.74, 6) is -0.846. The van der Waals surface area contributed by atoms with E-state index in [4.69, 9.17) is 19.3 Å². The van der Waals surface area contributed by atoms with E-state index in [1.54, 1.807) is 7.11 Å². The molecular formula is C36H42INO8. The molecule has 2 heterocycles. The molecule has 2 fully saturated rings. The fraction of sp³-hybridized carbons (Fsp3) is 0.472. The van der Waals surface area contributed by atoms with Gasteiger partial charge in [-0.25, -0.2) is 0 Å². The molecule has 2 saturated heterocycles. The number of aromatic hydroxyl groups is 1. The van der Waals surface area contributed by atoms with Crippen LogP contribution in [0.2, 0.25) is 0 Å². The number of allylic oxidation sites excluding steroid dienone is 1. The summed E-state index contributed by atoms with van der Waals surface area (Å²) in [6.45, 7) is 3.16.